The molecular weight excluding hydrogens is 380 g/mol. The first-order chi connectivity index (χ1) is 13.3. The average molecular weight is 397 g/mol. The van der Waals surface area contributed by atoms with Gasteiger partial charge in [-0.2, -0.15) is 4.80 Å². The zero-order valence-corrected chi connectivity index (χ0v) is 15.9. The first-order valence-corrected chi connectivity index (χ1v) is 10.2. The number of aromatic nitrogens is 5. The van der Waals surface area contributed by atoms with Crippen LogP contribution in [0.15, 0.2) is 53.2 Å². The molecule has 4 rings (SSSR count). The van der Waals surface area contributed by atoms with Crippen LogP contribution in [-0.4, -0.2) is 31.1 Å². The predicted octanol–water partition coefficient (Wildman–Crippen LogP) is 3.94. The number of nitrogens with zero attached hydrogens (tertiary/aromatic N) is 5. The van der Waals surface area contributed by atoms with E-state index in [4.69, 9.17) is 0 Å². The predicted molar refractivity (Wildman–Crippen MR) is 107 cm³/mol. The van der Waals surface area contributed by atoms with Crippen molar-refractivity contribution in [2.45, 2.75) is 19.4 Å². The third kappa shape index (κ3) is 4.44. The number of nitrogens with one attached hydrogen (secondary N) is 1. The first kappa shape index (κ1) is 17.5. The van der Waals surface area contributed by atoms with Crippen molar-refractivity contribution < 1.29 is 4.79 Å². The summed E-state index contributed by atoms with van der Waals surface area (Å²) in [4.78, 5) is 19.2. The molecule has 0 aliphatic rings. The Balaban J connectivity index is 1.26. The van der Waals surface area contributed by atoms with Gasteiger partial charge in [0.25, 0.3) is 0 Å². The Labute approximate surface area is 163 Å². The molecule has 136 valence electrons. The zero-order chi connectivity index (χ0) is 18.5. The highest BCUT2D eigenvalue weighted by molar-refractivity contribution is 7.16. The molecule has 1 aromatic carbocycles. The van der Waals surface area contributed by atoms with Gasteiger partial charge in [0.1, 0.15) is 0 Å². The summed E-state index contributed by atoms with van der Waals surface area (Å²) in [6, 6.07) is 13.7. The minimum atomic E-state index is -0.0644. The van der Waals surface area contributed by atoms with Crippen molar-refractivity contribution in [1.29, 1.82) is 0 Å². The van der Waals surface area contributed by atoms with E-state index in [1.54, 1.807) is 11.3 Å². The van der Waals surface area contributed by atoms with Crippen LogP contribution < -0.4 is 5.32 Å². The number of carbonyl (C=O) groups excluding carboxylic acids is 1. The number of benzene rings is 1. The number of carbonyl (C=O) groups is 1. The van der Waals surface area contributed by atoms with Gasteiger partial charge in [0.2, 0.25) is 11.7 Å². The Morgan fingerprint density at radius 3 is 2.81 bits per heavy atom. The fraction of sp³-hybridized carbons (Fsp3) is 0.167. The molecular formula is C18H16N6OS2. The van der Waals surface area contributed by atoms with E-state index in [0.29, 0.717) is 30.3 Å². The number of anilines is 1. The van der Waals surface area contributed by atoms with Crippen LogP contribution in [0.5, 0.6) is 0 Å². The Morgan fingerprint density at radius 2 is 2.00 bits per heavy atom. The van der Waals surface area contributed by atoms with Crippen molar-refractivity contribution in [2.75, 3.05) is 5.32 Å². The van der Waals surface area contributed by atoms with Crippen LogP contribution in [-0.2, 0) is 11.3 Å². The molecule has 0 aliphatic carbocycles. The monoisotopic (exact) mass is 396 g/mol. The lowest BCUT2D eigenvalue weighted by molar-refractivity contribution is -0.116. The lowest BCUT2D eigenvalue weighted by Gasteiger charge is -2.01. The third-order valence-electron chi connectivity index (χ3n) is 3.77. The number of hydrogen-bond acceptors (Lipinski definition) is 7. The second-order valence-electron chi connectivity index (χ2n) is 5.74. The zero-order valence-electron chi connectivity index (χ0n) is 14.3. The lowest BCUT2D eigenvalue weighted by Crippen LogP contribution is -2.13. The van der Waals surface area contributed by atoms with Crippen LogP contribution in [0.25, 0.3) is 22.0 Å². The number of thiophene rings is 1. The van der Waals surface area contributed by atoms with Gasteiger partial charge in [-0.25, -0.2) is 4.98 Å². The maximum atomic E-state index is 12.1. The van der Waals surface area contributed by atoms with Gasteiger partial charge in [-0.3, -0.25) is 4.79 Å². The molecule has 7 nitrogen and oxygen atoms in total. The summed E-state index contributed by atoms with van der Waals surface area (Å²) < 4.78 is 0. The number of hydrogen-bond donors (Lipinski definition) is 1. The number of tetrazole rings is 1. The van der Waals surface area contributed by atoms with Crippen molar-refractivity contribution in [3.63, 3.8) is 0 Å². The Kier molecular flexibility index (Phi) is 5.31. The van der Waals surface area contributed by atoms with E-state index in [9.17, 15) is 4.79 Å². The molecule has 3 aromatic heterocycles. The fourth-order valence-electron chi connectivity index (χ4n) is 2.47. The van der Waals surface area contributed by atoms with Gasteiger partial charge in [0.15, 0.2) is 5.13 Å². The van der Waals surface area contributed by atoms with Crippen LogP contribution in [0.3, 0.4) is 0 Å². The van der Waals surface area contributed by atoms with Crippen molar-refractivity contribution in [3.05, 3.63) is 53.2 Å². The largest absolute Gasteiger partial charge is 0.302 e. The van der Waals surface area contributed by atoms with Gasteiger partial charge in [-0.05, 0) is 23.1 Å². The highest BCUT2D eigenvalue weighted by Crippen LogP contribution is 2.28. The van der Waals surface area contributed by atoms with Gasteiger partial charge >= 0.3 is 0 Å². The van der Waals surface area contributed by atoms with E-state index in [1.165, 1.54) is 16.1 Å². The van der Waals surface area contributed by atoms with Gasteiger partial charge in [0.05, 0.1) is 17.1 Å². The number of aryl methyl sites for hydroxylation is 1. The molecule has 0 bridgehead atoms. The number of amides is 1. The molecule has 1 amide bonds. The SMILES string of the molecule is O=C(CCCn1nnc(-c2ccccc2)n1)Nc1nc(-c2cccs2)cs1. The standard InChI is InChI=1S/C18H16N6OS2/c25-16(20-18-19-14(12-27-18)15-8-5-11-26-15)9-4-10-24-22-17(21-23-24)13-6-2-1-3-7-13/h1-3,5-8,11-12H,4,9-10H2,(H,19,20,25). The quantitative estimate of drug-likeness (QED) is 0.511. The normalized spacial score (nSPS) is 10.8. The van der Waals surface area contributed by atoms with E-state index in [1.807, 2.05) is 53.2 Å². The molecule has 0 fully saturated rings. The van der Waals surface area contributed by atoms with Gasteiger partial charge < -0.3 is 5.32 Å². The summed E-state index contributed by atoms with van der Waals surface area (Å²) >= 11 is 3.06. The Bertz CT molecular complexity index is 1010. The summed E-state index contributed by atoms with van der Waals surface area (Å²) in [5.41, 5.74) is 1.82. The smallest absolute Gasteiger partial charge is 0.226 e. The highest BCUT2D eigenvalue weighted by atomic mass is 32.1. The second kappa shape index (κ2) is 8.19. The van der Waals surface area contributed by atoms with Crippen LogP contribution in [0.4, 0.5) is 5.13 Å². The van der Waals surface area contributed by atoms with E-state index < -0.39 is 0 Å². The number of thiazole rings is 1. The molecule has 0 aliphatic heterocycles. The van der Waals surface area contributed by atoms with E-state index >= 15 is 0 Å². The summed E-state index contributed by atoms with van der Waals surface area (Å²) in [5, 5.41) is 19.9. The van der Waals surface area contributed by atoms with E-state index in [0.717, 1.165) is 16.1 Å². The summed E-state index contributed by atoms with van der Waals surface area (Å²) in [5.74, 6) is 0.523. The lowest BCUT2D eigenvalue weighted by atomic mass is 10.2. The maximum absolute atomic E-state index is 12.1. The molecule has 0 saturated carbocycles. The summed E-state index contributed by atoms with van der Waals surface area (Å²) in [6.45, 7) is 0.533. The molecule has 0 radical (unpaired) electrons. The fourth-order valence-corrected chi connectivity index (χ4v) is 3.96. The maximum Gasteiger partial charge on any atom is 0.226 e. The minimum absolute atomic E-state index is 0.0644. The van der Waals surface area contributed by atoms with E-state index in [2.05, 4.69) is 25.7 Å². The molecule has 3 heterocycles. The van der Waals surface area contributed by atoms with Crippen molar-refractivity contribution in [2.24, 2.45) is 0 Å². The Hall–Kier alpha value is -2.91. The van der Waals surface area contributed by atoms with Crippen LogP contribution in [0.1, 0.15) is 12.8 Å². The Morgan fingerprint density at radius 1 is 1.11 bits per heavy atom. The topological polar surface area (TPSA) is 85.6 Å². The minimum Gasteiger partial charge on any atom is -0.302 e. The van der Waals surface area contributed by atoms with Gasteiger partial charge in [-0.15, -0.1) is 32.9 Å². The molecule has 27 heavy (non-hydrogen) atoms. The van der Waals surface area contributed by atoms with E-state index in [-0.39, 0.29) is 5.91 Å². The van der Waals surface area contributed by atoms with Crippen LogP contribution in [0.2, 0.25) is 0 Å². The molecule has 9 heteroatoms. The molecule has 1 N–H and O–H groups in total. The third-order valence-corrected chi connectivity index (χ3v) is 5.42. The average Bonchev–Trinajstić information content (AvgIpc) is 3.44. The molecule has 0 atom stereocenters. The molecule has 0 saturated heterocycles. The first-order valence-electron chi connectivity index (χ1n) is 8.40. The molecule has 0 spiro atoms. The highest BCUT2D eigenvalue weighted by Gasteiger charge is 2.10. The second-order valence-corrected chi connectivity index (χ2v) is 7.55. The van der Waals surface area contributed by atoms with Crippen molar-refractivity contribution in [3.8, 4) is 22.0 Å². The van der Waals surface area contributed by atoms with Gasteiger partial charge in [0, 0.05) is 17.4 Å². The molecule has 4 aromatic rings. The van der Waals surface area contributed by atoms with Crippen LogP contribution in [0, 0.1) is 0 Å². The summed E-state index contributed by atoms with van der Waals surface area (Å²) in [6.07, 6.45) is 0.996. The van der Waals surface area contributed by atoms with Crippen molar-refractivity contribution in [1.82, 2.24) is 25.2 Å². The number of rotatable bonds is 7. The molecule has 0 unspecified atom stereocenters. The van der Waals surface area contributed by atoms with Crippen LogP contribution >= 0.6 is 22.7 Å². The summed E-state index contributed by atoms with van der Waals surface area (Å²) in [7, 11) is 0. The van der Waals surface area contributed by atoms with Crippen molar-refractivity contribution >= 4 is 33.7 Å². The van der Waals surface area contributed by atoms with Gasteiger partial charge in [-0.1, -0.05) is 36.4 Å².